The van der Waals surface area contributed by atoms with Gasteiger partial charge in [0.1, 0.15) is 0 Å². The molecule has 0 saturated carbocycles. The molecule has 74 heavy (non-hydrogen) atoms. The van der Waals surface area contributed by atoms with E-state index in [9.17, 15) is 0 Å². The van der Waals surface area contributed by atoms with E-state index >= 15 is 0 Å². The molecule has 2 nitrogen and oxygen atoms in total. The fourth-order valence-corrected chi connectivity index (χ4v) is 15.5. The van der Waals surface area contributed by atoms with Crippen LogP contribution in [0, 0.1) is 0 Å². The summed E-state index contributed by atoms with van der Waals surface area (Å²) in [5, 5.41) is 20.4. The first kappa shape index (κ1) is 40.5. The Morgan fingerprint density at radius 1 is 0.243 bits per heavy atom. The number of fused-ring (bicyclic) bond motifs is 20. The molecule has 342 valence electrons. The van der Waals surface area contributed by atoms with Crippen LogP contribution in [-0.4, -0.2) is 9.13 Å². The maximum Gasteiger partial charge on any atom is 0.0619 e. The van der Waals surface area contributed by atoms with Crippen LogP contribution in [-0.2, 0) is 0 Å². The summed E-state index contributed by atoms with van der Waals surface area (Å²) >= 11 is 3.84. The Bertz CT molecular complexity index is 4910. The lowest BCUT2D eigenvalue weighted by Crippen LogP contribution is -1.96. The number of hydrogen-bond donors (Lipinski definition) is 0. The molecule has 0 amide bonds. The number of hydrogen-bond acceptors (Lipinski definition) is 2. The topological polar surface area (TPSA) is 9.86 Å². The van der Waals surface area contributed by atoms with Gasteiger partial charge in [0, 0.05) is 95.2 Å². The third-order valence-electron chi connectivity index (χ3n) is 16.0. The number of para-hydroxylation sites is 6. The fourth-order valence-electron chi connectivity index (χ4n) is 12.9. The minimum Gasteiger partial charge on any atom is -0.309 e. The van der Waals surface area contributed by atoms with E-state index in [-0.39, 0.29) is 0 Å². The first-order valence-corrected chi connectivity index (χ1v) is 27.0. The summed E-state index contributed by atoms with van der Waals surface area (Å²) in [6.07, 6.45) is 0. The van der Waals surface area contributed by atoms with Crippen molar-refractivity contribution in [2.24, 2.45) is 0 Å². The van der Waals surface area contributed by atoms with Crippen molar-refractivity contribution in [3.05, 3.63) is 243 Å². The molecule has 4 heteroatoms. The second-order valence-electron chi connectivity index (χ2n) is 19.8. The van der Waals surface area contributed by atoms with E-state index in [4.69, 9.17) is 0 Å². The molecule has 0 aliphatic rings. The van der Waals surface area contributed by atoms with Gasteiger partial charge in [0.2, 0.25) is 0 Å². The largest absolute Gasteiger partial charge is 0.309 e. The Hall–Kier alpha value is -9.06. The molecule has 0 aliphatic heterocycles. The SMILES string of the molecule is c1ccc(-n2c3ccccc3c3cccc(-c4cc5cc6c(cc(-c7cccc8c9ccccc9n(-c9ccccc9)c78)c7c6ccc6c8ccccc8sc67)cc5c5ccc6c7ccccc7sc6c45)c32)cc1. The highest BCUT2D eigenvalue weighted by atomic mass is 32.1. The summed E-state index contributed by atoms with van der Waals surface area (Å²) in [7, 11) is 0. The quantitative estimate of drug-likeness (QED) is 0.123. The van der Waals surface area contributed by atoms with E-state index in [0.29, 0.717) is 0 Å². The normalized spacial score (nSPS) is 12.3. The van der Waals surface area contributed by atoms with Crippen LogP contribution < -0.4 is 0 Å². The Labute approximate surface area is 432 Å². The zero-order valence-corrected chi connectivity index (χ0v) is 41.4. The van der Waals surface area contributed by atoms with Crippen LogP contribution in [0.5, 0.6) is 0 Å². The van der Waals surface area contributed by atoms with Crippen molar-refractivity contribution in [3.8, 4) is 33.6 Å². The van der Waals surface area contributed by atoms with E-state index in [2.05, 4.69) is 252 Å². The number of rotatable bonds is 4. The molecule has 0 bridgehead atoms. The molecular weight excluding hydrogens is 933 g/mol. The Morgan fingerprint density at radius 2 is 0.622 bits per heavy atom. The zero-order valence-electron chi connectivity index (χ0n) is 39.8. The van der Waals surface area contributed by atoms with E-state index in [0.717, 1.165) is 11.4 Å². The van der Waals surface area contributed by atoms with Crippen LogP contribution in [0.1, 0.15) is 0 Å². The van der Waals surface area contributed by atoms with Gasteiger partial charge in [0.25, 0.3) is 0 Å². The maximum atomic E-state index is 2.53. The lowest BCUT2D eigenvalue weighted by atomic mass is 9.87. The lowest BCUT2D eigenvalue weighted by Gasteiger charge is -2.18. The molecule has 0 saturated heterocycles. The number of thiophene rings is 2. The predicted molar refractivity (Wildman–Crippen MR) is 322 cm³/mol. The van der Waals surface area contributed by atoms with Crippen LogP contribution >= 0.6 is 22.7 Å². The first-order chi connectivity index (χ1) is 36.7. The van der Waals surface area contributed by atoms with E-state index in [1.807, 2.05) is 22.7 Å². The number of nitrogens with zero attached hydrogens (tertiary/aromatic N) is 2. The molecule has 0 aliphatic carbocycles. The first-order valence-electron chi connectivity index (χ1n) is 25.4. The van der Waals surface area contributed by atoms with Gasteiger partial charge in [-0.05, 0) is 116 Å². The molecule has 4 aromatic heterocycles. The second kappa shape index (κ2) is 15.2. The molecule has 0 atom stereocenters. The molecular formula is C70H40N2S2. The van der Waals surface area contributed by atoms with Crippen LogP contribution in [0.25, 0.3) is 161 Å². The summed E-state index contributed by atoms with van der Waals surface area (Å²) in [6.45, 7) is 0. The molecule has 13 aromatic carbocycles. The highest BCUT2D eigenvalue weighted by Crippen LogP contribution is 2.51. The molecule has 17 rings (SSSR count). The number of aromatic nitrogens is 2. The van der Waals surface area contributed by atoms with Crippen LogP contribution in [0.3, 0.4) is 0 Å². The van der Waals surface area contributed by atoms with Gasteiger partial charge < -0.3 is 9.13 Å². The van der Waals surface area contributed by atoms with Crippen molar-refractivity contribution in [3.63, 3.8) is 0 Å². The Morgan fingerprint density at radius 3 is 1.08 bits per heavy atom. The molecule has 4 heterocycles. The van der Waals surface area contributed by atoms with Gasteiger partial charge in [0.05, 0.1) is 22.1 Å². The second-order valence-corrected chi connectivity index (χ2v) is 22.0. The van der Waals surface area contributed by atoms with Crippen LogP contribution in [0.4, 0.5) is 0 Å². The van der Waals surface area contributed by atoms with Gasteiger partial charge in [0.15, 0.2) is 0 Å². The third-order valence-corrected chi connectivity index (χ3v) is 18.4. The molecule has 17 aromatic rings. The minimum atomic E-state index is 1.16. The molecule has 0 unspecified atom stereocenters. The van der Waals surface area contributed by atoms with Crippen molar-refractivity contribution >= 4 is 150 Å². The van der Waals surface area contributed by atoms with Gasteiger partial charge >= 0.3 is 0 Å². The van der Waals surface area contributed by atoms with Gasteiger partial charge in [-0.3, -0.25) is 0 Å². The summed E-state index contributed by atoms with van der Waals surface area (Å²) < 4.78 is 10.2. The van der Waals surface area contributed by atoms with Crippen LogP contribution in [0.2, 0.25) is 0 Å². The van der Waals surface area contributed by atoms with E-state index < -0.39 is 0 Å². The van der Waals surface area contributed by atoms with E-state index in [1.165, 1.54) is 149 Å². The molecule has 0 spiro atoms. The maximum absolute atomic E-state index is 2.53. The summed E-state index contributed by atoms with van der Waals surface area (Å²) in [5.74, 6) is 0. The molecule has 0 N–H and O–H groups in total. The summed E-state index contributed by atoms with van der Waals surface area (Å²) in [6, 6.07) is 91.1. The third kappa shape index (κ3) is 5.53. The van der Waals surface area contributed by atoms with E-state index in [1.54, 1.807) is 0 Å². The average Bonchev–Trinajstić information content (AvgIpc) is 4.28. The average molecular weight is 973 g/mol. The molecule has 0 radical (unpaired) electrons. The summed E-state index contributed by atoms with van der Waals surface area (Å²) in [5.41, 5.74) is 12.1. The smallest absolute Gasteiger partial charge is 0.0619 e. The molecule has 0 fully saturated rings. The van der Waals surface area contributed by atoms with Gasteiger partial charge in [-0.15, -0.1) is 22.7 Å². The monoisotopic (exact) mass is 972 g/mol. The number of benzene rings is 13. The predicted octanol–water partition coefficient (Wildman–Crippen LogP) is 20.6. The minimum absolute atomic E-state index is 1.16. The standard InChI is InChI=1S/C70H40N2S2/c1-3-17-43(18-4-1)71-61-29-11-7-21-45(61)51-25-15-27-53(67(51)71)59-39-41-37-58-42(38-57(41)49-33-35-55-47-23-9-13-31-63(47)73-69(55)65(49)59)40-60(66-50(58)34-36-56-48-24-10-14-32-64(48)74-70(56)66)54-28-16-26-52-46-22-8-12-30-62(46)72(68(52)54)44-19-5-2-6-20-44/h1-40H. The van der Waals surface area contributed by atoms with Gasteiger partial charge in [-0.25, -0.2) is 0 Å². The van der Waals surface area contributed by atoms with Crippen molar-refractivity contribution in [2.45, 2.75) is 0 Å². The Balaban J connectivity index is 1.04. The fraction of sp³-hybridized carbons (Fsp3) is 0. The highest BCUT2D eigenvalue weighted by Gasteiger charge is 2.24. The highest BCUT2D eigenvalue weighted by molar-refractivity contribution is 7.27. The van der Waals surface area contributed by atoms with Crippen molar-refractivity contribution in [2.75, 3.05) is 0 Å². The Kier molecular flexibility index (Phi) is 8.34. The van der Waals surface area contributed by atoms with Crippen LogP contribution in [0.15, 0.2) is 243 Å². The van der Waals surface area contributed by atoms with Gasteiger partial charge in [-0.2, -0.15) is 0 Å². The van der Waals surface area contributed by atoms with Crippen molar-refractivity contribution in [1.29, 1.82) is 0 Å². The van der Waals surface area contributed by atoms with Crippen molar-refractivity contribution in [1.82, 2.24) is 9.13 Å². The lowest BCUT2D eigenvalue weighted by molar-refractivity contribution is 1.18. The summed E-state index contributed by atoms with van der Waals surface area (Å²) in [4.78, 5) is 0. The van der Waals surface area contributed by atoms with Gasteiger partial charge in [-0.1, -0.05) is 170 Å². The zero-order chi connectivity index (χ0) is 48.2. The van der Waals surface area contributed by atoms with Crippen molar-refractivity contribution < 1.29 is 0 Å².